The number of piperidine rings is 1. The molecule has 7 nitrogen and oxygen atoms in total. The smallest absolute Gasteiger partial charge is 0.224 e. The number of aliphatic hydroxyl groups excluding tert-OH is 1. The number of aromatic nitrogens is 3. The molecule has 1 aliphatic heterocycles. The standard InChI is InChI=1S/C19H26N4O3/c1-26-17-5-2-4-16(10-17)11-19(13-24)7-3-8-22(12-19)18(25)6-9-23-15-20-14-21-23/h2,4-5,10,14-15,24H,3,6-9,11-13H2,1H3. The van der Waals surface area contributed by atoms with E-state index in [0.29, 0.717) is 19.5 Å². The molecule has 0 aliphatic carbocycles. The summed E-state index contributed by atoms with van der Waals surface area (Å²) in [5.74, 6) is 0.913. The number of rotatable bonds is 7. The van der Waals surface area contributed by atoms with E-state index in [4.69, 9.17) is 4.74 Å². The van der Waals surface area contributed by atoms with E-state index in [-0.39, 0.29) is 17.9 Å². The molecule has 0 radical (unpaired) electrons. The summed E-state index contributed by atoms with van der Waals surface area (Å²) >= 11 is 0. The van der Waals surface area contributed by atoms with Crippen LogP contribution < -0.4 is 4.74 Å². The summed E-state index contributed by atoms with van der Waals surface area (Å²) in [4.78, 5) is 18.4. The highest BCUT2D eigenvalue weighted by Gasteiger charge is 2.36. The second kappa shape index (κ2) is 8.31. The lowest BCUT2D eigenvalue weighted by Crippen LogP contribution is -2.49. The van der Waals surface area contributed by atoms with Crippen LogP contribution in [-0.4, -0.2) is 57.5 Å². The minimum atomic E-state index is -0.298. The van der Waals surface area contributed by atoms with Crippen molar-refractivity contribution in [2.45, 2.75) is 32.2 Å². The van der Waals surface area contributed by atoms with E-state index in [2.05, 4.69) is 10.1 Å². The first kappa shape index (κ1) is 18.4. The van der Waals surface area contributed by atoms with Crippen molar-refractivity contribution in [1.29, 1.82) is 0 Å². The zero-order valence-corrected chi connectivity index (χ0v) is 15.2. The summed E-state index contributed by atoms with van der Waals surface area (Å²) in [7, 11) is 1.65. The maximum atomic E-state index is 12.6. The highest BCUT2D eigenvalue weighted by Crippen LogP contribution is 2.34. The number of benzene rings is 1. The van der Waals surface area contributed by atoms with Gasteiger partial charge in [0.2, 0.25) is 5.91 Å². The Bertz CT molecular complexity index is 719. The quantitative estimate of drug-likeness (QED) is 0.812. The largest absolute Gasteiger partial charge is 0.497 e. The molecule has 26 heavy (non-hydrogen) atoms. The van der Waals surface area contributed by atoms with Gasteiger partial charge < -0.3 is 14.7 Å². The summed E-state index contributed by atoms with van der Waals surface area (Å²) in [6.45, 7) is 1.92. The average Bonchev–Trinajstić information content (AvgIpc) is 3.20. The van der Waals surface area contributed by atoms with Crippen molar-refractivity contribution in [2.75, 3.05) is 26.8 Å². The molecule has 1 aromatic heterocycles. The van der Waals surface area contributed by atoms with Crippen molar-refractivity contribution in [3.8, 4) is 5.75 Å². The molecule has 1 aromatic carbocycles. The zero-order valence-electron chi connectivity index (χ0n) is 15.2. The van der Waals surface area contributed by atoms with Crippen molar-refractivity contribution < 1.29 is 14.6 Å². The van der Waals surface area contributed by atoms with Crippen LogP contribution in [0.4, 0.5) is 0 Å². The second-order valence-corrected chi connectivity index (χ2v) is 7.01. The fourth-order valence-corrected chi connectivity index (χ4v) is 3.68. The van der Waals surface area contributed by atoms with Gasteiger partial charge in [0.15, 0.2) is 0 Å². The number of nitrogens with zero attached hydrogens (tertiary/aromatic N) is 4. The molecule has 1 saturated heterocycles. The first-order valence-electron chi connectivity index (χ1n) is 8.98. The minimum Gasteiger partial charge on any atom is -0.497 e. The number of aliphatic hydroxyl groups is 1. The molecular formula is C19H26N4O3. The van der Waals surface area contributed by atoms with Gasteiger partial charge in [0, 0.05) is 24.9 Å². The second-order valence-electron chi connectivity index (χ2n) is 7.01. The number of amides is 1. The zero-order chi connectivity index (χ0) is 18.4. The van der Waals surface area contributed by atoms with Gasteiger partial charge in [0.1, 0.15) is 18.4 Å². The number of hydrogen-bond acceptors (Lipinski definition) is 5. The van der Waals surface area contributed by atoms with E-state index in [0.717, 1.165) is 37.1 Å². The summed E-state index contributed by atoms with van der Waals surface area (Å²) in [5.41, 5.74) is 0.823. The van der Waals surface area contributed by atoms with Crippen LogP contribution in [0.1, 0.15) is 24.8 Å². The maximum absolute atomic E-state index is 12.6. The summed E-state index contributed by atoms with van der Waals surface area (Å²) < 4.78 is 6.96. The Balaban J connectivity index is 1.64. The van der Waals surface area contributed by atoms with Crippen molar-refractivity contribution in [3.05, 3.63) is 42.5 Å². The lowest BCUT2D eigenvalue weighted by molar-refractivity contribution is -0.135. The van der Waals surface area contributed by atoms with E-state index >= 15 is 0 Å². The number of carbonyl (C=O) groups excluding carboxylic acids is 1. The van der Waals surface area contributed by atoms with Crippen LogP contribution in [-0.2, 0) is 17.8 Å². The van der Waals surface area contributed by atoms with Gasteiger partial charge in [0.25, 0.3) is 0 Å². The molecular weight excluding hydrogens is 332 g/mol. The van der Waals surface area contributed by atoms with E-state index in [1.54, 1.807) is 18.1 Å². The highest BCUT2D eigenvalue weighted by molar-refractivity contribution is 5.76. The monoisotopic (exact) mass is 358 g/mol. The molecule has 3 rings (SSSR count). The number of ether oxygens (including phenoxy) is 1. The lowest BCUT2D eigenvalue weighted by Gasteiger charge is -2.42. The third-order valence-electron chi connectivity index (χ3n) is 5.08. The van der Waals surface area contributed by atoms with Gasteiger partial charge in [-0.05, 0) is 37.0 Å². The molecule has 0 spiro atoms. The Labute approximate surface area is 153 Å². The van der Waals surface area contributed by atoms with Gasteiger partial charge in [-0.3, -0.25) is 9.48 Å². The fraction of sp³-hybridized carbons (Fsp3) is 0.526. The van der Waals surface area contributed by atoms with Crippen molar-refractivity contribution in [2.24, 2.45) is 5.41 Å². The molecule has 1 aliphatic rings. The molecule has 7 heteroatoms. The van der Waals surface area contributed by atoms with Gasteiger partial charge in [-0.25, -0.2) is 4.98 Å². The Kier molecular flexibility index (Phi) is 5.88. The number of likely N-dealkylation sites (tertiary alicyclic amines) is 1. The van der Waals surface area contributed by atoms with Crippen LogP contribution >= 0.6 is 0 Å². The topological polar surface area (TPSA) is 80.5 Å². The predicted octanol–water partition coefficient (Wildman–Crippen LogP) is 1.52. The lowest BCUT2D eigenvalue weighted by atomic mass is 9.75. The highest BCUT2D eigenvalue weighted by atomic mass is 16.5. The van der Waals surface area contributed by atoms with Crippen LogP contribution in [0, 0.1) is 5.41 Å². The van der Waals surface area contributed by atoms with Gasteiger partial charge in [-0.1, -0.05) is 12.1 Å². The molecule has 1 atom stereocenters. The predicted molar refractivity (Wildman–Crippen MR) is 96.7 cm³/mol. The first-order chi connectivity index (χ1) is 12.6. The number of methoxy groups -OCH3 is 1. The maximum Gasteiger partial charge on any atom is 0.224 e. The molecule has 2 aromatic rings. The molecule has 1 N–H and O–H groups in total. The molecule has 140 valence electrons. The van der Waals surface area contributed by atoms with Crippen LogP contribution in [0.5, 0.6) is 5.75 Å². The Hall–Kier alpha value is -2.41. The molecule has 1 fully saturated rings. The molecule has 0 bridgehead atoms. The fourth-order valence-electron chi connectivity index (χ4n) is 3.68. The summed E-state index contributed by atoms with van der Waals surface area (Å²) in [6.07, 6.45) is 6.02. The van der Waals surface area contributed by atoms with Crippen LogP contribution in [0.25, 0.3) is 0 Å². The summed E-state index contributed by atoms with van der Waals surface area (Å²) in [6, 6.07) is 7.92. The van der Waals surface area contributed by atoms with Crippen molar-refractivity contribution in [3.63, 3.8) is 0 Å². The van der Waals surface area contributed by atoms with Gasteiger partial charge in [-0.15, -0.1) is 0 Å². The Morgan fingerprint density at radius 1 is 1.42 bits per heavy atom. The Morgan fingerprint density at radius 3 is 3.04 bits per heavy atom. The SMILES string of the molecule is COc1cccc(CC2(CO)CCCN(C(=O)CCn3cncn3)C2)c1. The molecule has 0 saturated carbocycles. The van der Waals surface area contributed by atoms with Gasteiger partial charge in [0.05, 0.1) is 20.3 Å². The number of carbonyl (C=O) groups is 1. The van der Waals surface area contributed by atoms with Gasteiger partial charge >= 0.3 is 0 Å². The van der Waals surface area contributed by atoms with E-state index in [1.165, 1.54) is 6.33 Å². The number of aryl methyl sites for hydroxylation is 1. The van der Waals surface area contributed by atoms with Crippen molar-refractivity contribution >= 4 is 5.91 Å². The molecule has 1 amide bonds. The molecule has 1 unspecified atom stereocenters. The van der Waals surface area contributed by atoms with E-state index in [1.807, 2.05) is 29.2 Å². The first-order valence-corrected chi connectivity index (χ1v) is 8.98. The average molecular weight is 358 g/mol. The third kappa shape index (κ3) is 4.40. The molecule has 2 heterocycles. The van der Waals surface area contributed by atoms with Gasteiger partial charge in [-0.2, -0.15) is 5.10 Å². The number of hydrogen-bond donors (Lipinski definition) is 1. The van der Waals surface area contributed by atoms with Crippen molar-refractivity contribution in [1.82, 2.24) is 19.7 Å². The third-order valence-corrected chi connectivity index (χ3v) is 5.08. The van der Waals surface area contributed by atoms with Crippen LogP contribution in [0.15, 0.2) is 36.9 Å². The van der Waals surface area contributed by atoms with E-state index < -0.39 is 0 Å². The van der Waals surface area contributed by atoms with E-state index in [9.17, 15) is 9.90 Å². The summed E-state index contributed by atoms with van der Waals surface area (Å²) in [5, 5.41) is 14.2. The van der Waals surface area contributed by atoms with Crippen LogP contribution in [0.3, 0.4) is 0 Å². The Morgan fingerprint density at radius 2 is 2.31 bits per heavy atom. The minimum absolute atomic E-state index is 0.0665. The normalized spacial score (nSPS) is 20.2. The van der Waals surface area contributed by atoms with Crippen LogP contribution in [0.2, 0.25) is 0 Å².